The van der Waals surface area contributed by atoms with Crippen LogP contribution in [0, 0.1) is 12.3 Å². The van der Waals surface area contributed by atoms with Crippen molar-refractivity contribution in [2.24, 2.45) is 5.41 Å². The Balaban J connectivity index is 2.28. The minimum Gasteiger partial charge on any atom is -0.393 e. The van der Waals surface area contributed by atoms with Gasteiger partial charge in [0.1, 0.15) is 0 Å². The molecule has 0 radical (unpaired) electrons. The van der Waals surface area contributed by atoms with E-state index in [1.807, 2.05) is 6.92 Å². The van der Waals surface area contributed by atoms with Gasteiger partial charge in [0.15, 0.2) is 0 Å². The number of aliphatic hydroxyl groups is 1. The van der Waals surface area contributed by atoms with Crippen LogP contribution >= 0.6 is 23.2 Å². The maximum absolute atomic E-state index is 10.3. The third-order valence-corrected chi connectivity index (χ3v) is 9.05. The Bertz CT molecular complexity index is 778. The molecule has 0 aliphatic heterocycles. The van der Waals surface area contributed by atoms with E-state index in [9.17, 15) is 5.11 Å². The lowest BCUT2D eigenvalue weighted by molar-refractivity contribution is 0.164. The minimum absolute atomic E-state index is 0.0981. The van der Waals surface area contributed by atoms with Crippen molar-refractivity contribution in [2.45, 2.75) is 65.8 Å². The Hall–Kier alpha value is -0.543. The molecule has 136 valence electrons. The van der Waals surface area contributed by atoms with Crippen molar-refractivity contribution in [3.8, 4) is 0 Å². The second kappa shape index (κ2) is 6.26. The molecule has 3 rings (SSSR count). The van der Waals surface area contributed by atoms with Crippen LogP contribution in [0.2, 0.25) is 29.7 Å². The smallest absolute Gasteiger partial charge is 0.0733 e. The molecule has 1 fully saturated rings. The van der Waals surface area contributed by atoms with E-state index in [2.05, 4.69) is 45.6 Å². The quantitative estimate of drug-likeness (QED) is 0.545. The number of allylic oxidation sites excluding steroid dienone is 3. The Morgan fingerprint density at radius 1 is 1.12 bits per heavy atom. The Morgan fingerprint density at radius 2 is 1.68 bits per heavy atom. The second-order valence-corrected chi connectivity index (χ2v) is 15.0. The first kappa shape index (κ1) is 19.2. The third-order valence-electron chi connectivity index (χ3n) is 6.03. The van der Waals surface area contributed by atoms with E-state index in [1.165, 1.54) is 16.7 Å². The second-order valence-electron chi connectivity index (χ2n) is 9.07. The summed E-state index contributed by atoms with van der Waals surface area (Å²) in [6.07, 6.45) is 2.49. The fourth-order valence-corrected chi connectivity index (χ4v) is 7.15. The van der Waals surface area contributed by atoms with Gasteiger partial charge in [-0.25, -0.2) is 0 Å². The molecule has 0 heterocycles. The lowest BCUT2D eigenvalue weighted by Crippen LogP contribution is -2.33. The van der Waals surface area contributed by atoms with E-state index in [0.29, 0.717) is 0 Å². The minimum atomic E-state index is -1.54. The average Bonchev–Trinajstić information content (AvgIpc) is 2.78. The SMILES string of the molecule is CC1=C2C[C@H](O)C[C@]2(C)CC([Si](C)(C)C)=C1c1cc(Cl)c(C)c(Cl)c1. The summed E-state index contributed by atoms with van der Waals surface area (Å²) < 4.78 is 0. The molecule has 2 atom stereocenters. The summed E-state index contributed by atoms with van der Waals surface area (Å²) >= 11 is 12.9. The van der Waals surface area contributed by atoms with Crippen LogP contribution in [0.5, 0.6) is 0 Å². The molecule has 0 unspecified atom stereocenters. The van der Waals surface area contributed by atoms with Crippen molar-refractivity contribution < 1.29 is 5.11 Å². The van der Waals surface area contributed by atoms with Crippen LogP contribution in [0.1, 0.15) is 44.2 Å². The molecule has 2 aliphatic carbocycles. The van der Waals surface area contributed by atoms with Gasteiger partial charge >= 0.3 is 0 Å². The van der Waals surface area contributed by atoms with Crippen molar-refractivity contribution in [2.75, 3.05) is 0 Å². The zero-order valence-electron chi connectivity index (χ0n) is 16.1. The van der Waals surface area contributed by atoms with Gasteiger partial charge in [-0.3, -0.25) is 0 Å². The average molecular weight is 395 g/mol. The highest BCUT2D eigenvalue weighted by atomic mass is 35.5. The van der Waals surface area contributed by atoms with Gasteiger partial charge in [-0.2, -0.15) is 0 Å². The van der Waals surface area contributed by atoms with E-state index < -0.39 is 8.07 Å². The van der Waals surface area contributed by atoms with Crippen LogP contribution in [0.15, 0.2) is 28.5 Å². The van der Waals surface area contributed by atoms with Crippen LogP contribution in [0.25, 0.3) is 5.57 Å². The van der Waals surface area contributed by atoms with Gasteiger partial charge in [-0.05, 0) is 72.9 Å². The zero-order valence-corrected chi connectivity index (χ0v) is 18.6. The molecule has 0 aromatic heterocycles. The first-order valence-electron chi connectivity index (χ1n) is 9.02. The number of halogens is 2. The van der Waals surface area contributed by atoms with Crippen molar-refractivity contribution >= 4 is 36.8 Å². The number of hydrogen-bond acceptors (Lipinski definition) is 1. The highest BCUT2D eigenvalue weighted by Gasteiger charge is 2.45. The first-order chi connectivity index (χ1) is 11.4. The third kappa shape index (κ3) is 3.27. The molecular weight excluding hydrogens is 367 g/mol. The molecule has 0 amide bonds. The lowest BCUT2D eigenvalue weighted by Gasteiger charge is -2.40. The number of hydrogen-bond donors (Lipinski definition) is 1. The summed E-state index contributed by atoms with van der Waals surface area (Å²) in [5, 5.41) is 13.3. The van der Waals surface area contributed by atoms with E-state index in [1.54, 1.807) is 5.20 Å². The van der Waals surface area contributed by atoms with Gasteiger partial charge < -0.3 is 5.11 Å². The van der Waals surface area contributed by atoms with Crippen LogP contribution in [0.4, 0.5) is 0 Å². The maximum atomic E-state index is 10.3. The van der Waals surface area contributed by atoms with Gasteiger partial charge in [0.25, 0.3) is 0 Å². The predicted octanol–water partition coefficient (Wildman–Crippen LogP) is 6.81. The van der Waals surface area contributed by atoms with Crippen LogP contribution in [-0.4, -0.2) is 19.3 Å². The van der Waals surface area contributed by atoms with Gasteiger partial charge in [0, 0.05) is 10.0 Å². The molecular formula is C21H28Cl2OSi. The molecule has 1 aromatic carbocycles. The summed E-state index contributed by atoms with van der Waals surface area (Å²) in [6, 6.07) is 4.13. The maximum Gasteiger partial charge on any atom is 0.0733 e. The molecule has 0 spiro atoms. The van der Waals surface area contributed by atoms with Crippen LogP contribution in [-0.2, 0) is 0 Å². The molecule has 4 heteroatoms. The molecule has 1 N–H and O–H groups in total. The van der Waals surface area contributed by atoms with Crippen molar-refractivity contribution in [3.05, 3.63) is 49.6 Å². The number of fused-ring (bicyclic) bond motifs is 1. The Labute approximate surface area is 162 Å². The molecule has 1 aromatic rings. The van der Waals surface area contributed by atoms with Crippen LogP contribution in [0.3, 0.4) is 0 Å². The number of aliphatic hydroxyl groups excluding tert-OH is 1. The normalized spacial score (nSPS) is 27.2. The summed E-state index contributed by atoms with van der Waals surface area (Å²) in [5.41, 5.74) is 6.25. The van der Waals surface area contributed by atoms with E-state index in [0.717, 1.165) is 40.4 Å². The molecule has 1 nitrogen and oxygen atoms in total. The van der Waals surface area contributed by atoms with Gasteiger partial charge in [0.05, 0.1) is 14.2 Å². The van der Waals surface area contributed by atoms with Gasteiger partial charge in [-0.1, -0.05) is 60.5 Å². The highest BCUT2D eigenvalue weighted by molar-refractivity contribution is 6.84. The standard InChI is InChI=1S/C21H28Cl2OSi/c1-12-16-9-15(24)10-21(16,3)11-19(25(4,5)6)20(12)14-7-17(22)13(2)18(23)8-14/h7-8,15,24H,9-11H2,1-6H3/t15-,21+/m0/s1. The fourth-order valence-electron chi connectivity index (χ4n) is 4.66. The monoisotopic (exact) mass is 394 g/mol. The first-order valence-corrected chi connectivity index (χ1v) is 13.3. The lowest BCUT2D eigenvalue weighted by atomic mass is 9.72. The largest absolute Gasteiger partial charge is 0.393 e. The van der Waals surface area contributed by atoms with E-state index >= 15 is 0 Å². The highest BCUT2D eigenvalue weighted by Crippen LogP contribution is 2.56. The summed E-state index contributed by atoms with van der Waals surface area (Å²) in [5.74, 6) is 0. The van der Waals surface area contributed by atoms with Gasteiger partial charge in [-0.15, -0.1) is 0 Å². The Morgan fingerprint density at radius 3 is 2.20 bits per heavy atom. The van der Waals surface area contributed by atoms with E-state index in [4.69, 9.17) is 23.2 Å². The van der Waals surface area contributed by atoms with Gasteiger partial charge in [0.2, 0.25) is 0 Å². The molecule has 2 aliphatic rings. The molecule has 0 bridgehead atoms. The summed E-state index contributed by atoms with van der Waals surface area (Å²) in [7, 11) is -1.54. The van der Waals surface area contributed by atoms with Crippen molar-refractivity contribution in [1.29, 1.82) is 0 Å². The van der Waals surface area contributed by atoms with Crippen molar-refractivity contribution in [3.63, 3.8) is 0 Å². The van der Waals surface area contributed by atoms with Crippen LogP contribution < -0.4 is 0 Å². The summed E-state index contributed by atoms with van der Waals surface area (Å²) in [6.45, 7) is 13.7. The van der Waals surface area contributed by atoms with E-state index in [-0.39, 0.29) is 11.5 Å². The Kier molecular flexibility index (Phi) is 4.82. The topological polar surface area (TPSA) is 20.2 Å². The molecule has 1 saturated carbocycles. The number of rotatable bonds is 2. The number of benzene rings is 1. The zero-order chi connectivity index (χ0) is 18.7. The summed E-state index contributed by atoms with van der Waals surface area (Å²) in [4.78, 5) is 0. The predicted molar refractivity (Wildman–Crippen MR) is 112 cm³/mol. The molecule has 25 heavy (non-hydrogen) atoms. The molecule has 0 saturated heterocycles. The van der Waals surface area contributed by atoms with Crippen molar-refractivity contribution in [1.82, 2.24) is 0 Å². The fraction of sp³-hybridized carbons (Fsp3) is 0.524.